The van der Waals surface area contributed by atoms with Crippen LogP contribution < -0.4 is 19.7 Å². The molecule has 2 bridgehead atoms. The number of methoxy groups -OCH3 is 3. The van der Waals surface area contributed by atoms with Gasteiger partial charge in [-0.2, -0.15) is 0 Å². The zero-order valence-electron chi connectivity index (χ0n) is 25.3. The average molecular weight is 627 g/mol. The number of hydrogen-bond donors (Lipinski definition) is 0. The first-order valence-electron chi connectivity index (χ1n) is 14.7. The maximum absolute atomic E-state index is 6.82. The van der Waals surface area contributed by atoms with Crippen molar-refractivity contribution >= 4 is 52.7 Å². The third-order valence-corrected chi connectivity index (χ3v) is 13.5. The van der Waals surface area contributed by atoms with Gasteiger partial charge in [-0.05, 0) is 89.7 Å². The molecule has 0 unspecified atom stereocenters. The standard InChI is InChI=1S/C33H40BClO5S2/c1-31(2)23-17-25(31)30-32(3,20-23)40-34(39-30)24-12-10-21(11-13-24)26(35)9-7-14-33(41-15-8-16-42-33)22-18-27(36-4)29(38-6)28(19-22)37-5/h7,9-14,18-19,23,25,30H,8,15-17,20H2,1-6H3/b14-7+,26-9-/t23-,25+,30+,32+/m0/s1. The minimum Gasteiger partial charge on any atom is -0.493 e. The normalized spacial score (nSPS) is 29.6. The first-order chi connectivity index (χ1) is 20.1. The second kappa shape index (κ2) is 11.7. The van der Waals surface area contributed by atoms with Gasteiger partial charge in [-0.3, -0.25) is 0 Å². The van der Waals surface area contributed by atoms with Crippen LogP contribution in [0.25, 0.3) is 5.03 Å². The monoisotopic (exact) mass is 626 g/mol. The number of hydrogen-bond acceptors (Lipinski definition) is 7. The van der Waals surface area contributed by atoms with Gasteiger partial charge in [0.15, 0.2) is 11.5 Å². The van der Waals surface area contributed by atoms with Gasteiger partial charge in [0, 0.05) is 5.03 Å². The van der Waals surface area contributed by atoms with Crippen LogP contribution in [0.4, 0.5) is 0 Å². The van der Waals surface area contributed by atoms with Gasteiger partial charge < -0.3 is 23.5 Å². The summed E-state index contributed by atoms with van der Waals surface area (Å²) in [5.41, 5.74) is 3.25. The molecule has 0 radical (unpaired) electrons. The van der Waals surface area contributed by atoms with Gasteiger partial charge >= 0.3 is 7.12 Å². The Morgan fingerprint density at radius 1 is 1.00 bits per heavy atom. The topological polar surface area (TPSA) is 46.2 Å². The lowest BCUT2D eigenvalue weighted by atomic mass is 9.45. The van der Waals surface area contributed by atoms with E-state index < -0.39 is 0 Å². The quantitative estimate of drug-likeness (QED) is 0.222. The zero-order chi connectivity index (χ0) is 29.7. The Hall–Kier alpha value is -1.71. The molecule has 224 valence electrons. The maximum Gasteiger partial charge on any atom is 0.494 e. The number of benzene rings is 2. The van der Waals surface area contributed by atoms with Crippen LogP contribution in [-0.2, 0) is 13.4 Å². The second-order valence-electron chi connectivity index (χ2n) is 12.5. The molecule has 5 nitrogen and oxygen atoms in total. The summed E-state index contributed by atoms with van der Waals surface area (Å²) >= 11 is 10.6. The largest absolute Gasteiger partial charge is 0.494 e. The predicted octanol–water partition coefficient (Wildman–Crippen LogP) is 7.51. The van der Waals surface area contributed by atoms with E-state index in [2.05, 4.69) is 69.3 Å². The fraction of sp³-hybridized carbons (Fsp3) is 0.515. The van der Waals surface area contributed by atoms with Gasteiger partial charge in [0.1, 0.15) is 4.08 Å². The van der Waals surface area contributed by atoms with Crippen molar-refractivity contribution in [3.8, 4) is 17.2 Å². The van der Waals surface area contributed by atoms with E-state index in [1.54, 1.807) is 21.3 Å². The molecule has 0 N–H and O–H groups in total. The van der Waals surface area contributed by atoms with Crippen molar-refractivity contribution in [3.05, 3.63) is 65.8 Å². The van der Waals surface area contributed by atoms with Gasteiger partial charge in [-0.25, -0.2) is 0 Å². The van der Waals surface area contributed by atoms with Gasteiger partial charge in [-0.15, -0.1) is 23.5 Å². The van der Waals surface area contributed by atoms with Crippen LogP contribution in [0, 0.1) is 17.3 Å². The van der Waals surface area contributed by atoms with E-state index in [9.17, 15) is 0 Å². The molecule has 0 amide bonds. The van der Waals surface area contributed by atoms with E-state index in [0.29, 0.717) is 33.6 Å². The van der Waals surface area contributed by atoms with Crippen LogP contribution in [0.5, 0.6) is 17.2 Å². The van der Waals surface area contributed by atoms with Gasteiger partial charge in [0.2, 0.25) is 5.75 Å². The lowest BCUT2D eigenvalue weighted by Gasteiger charge is -2.63. The first kappa shape index (κ1) is 30.3. The molecule has 0 aromatic heterocycles. The minimum absolute atomic E-state index is 0.157. The zero-order valence-corrected chi connectivity index (χ0v) is 27.7. The molecule has 9 heteroatoms. The third kappa shape index (κ3) is 5.19. The molecule has 5 fully saturated rings. The van der Waals surface area contributed by atoms with Gasteiger partial charge in [-0.1, -0.05) is 61.9 Å². The molecule has 42 heavy (non-hydrogen) atoms. The van der Waals surface area contributed by atoms with Crippen LogP contribution in [0.2, 0.25) is 0 Å². The van der Waals surface area contributed by atoms with Crippen molar-refractivity contribution in [1.82, 2.24) is 0 Å². The summed E-state index contributed by atoms with van der Waals surface area (Å²) < 4.78 is 29.7. The summed E-state index contributed by atoms with van der Waals surface area (Å²) in [6.45, 7) is 7.01. The minimum atomic E-state index is -0.328. The van der Waals surface area contributed by atoms with E-state index in [0.717, 1.165) is 40.4 Å². The predicted molar refractivity (Wildman–Crippen MR) is 176 cm³/mol. The molecule has 0 spiro atoms. The van der Waals surface area contributed by atoms with Crippen molar-refractivity contribution < 1.29 is 23.5 Å². The number of allylic oxidation sites excluding steroid dienone is 2. The molecule has 3 saturated carbocycles. The second-order valence-corrected chi connectivity index (χ2v) is 15.9. The summed E-state index contributed by atoms with van der Waals surface area (Å²) in [7, 11) is 4.60. The molecule has 2 heterocycles. The molecule has 5 aliphatic rings. The van der Waals surface area contributed by atoms with Crippen molar-refractivity contribution in [1.29, 1.82) is 0 Å². The number of rotatable bonds is 8. The van der Waals surface area contributed by atoms with Crippen molar-refractivity contribution in [3.63, 3.8) is 0 Å². The van der Waals surface area contributed by atoms with Gasteiger partial charge in [0.05, 0.1) is 33.0 Å². The Balaban J connectivity index is 1.19. The highest BCUT2D eigenvalue weighted by Crippen LogP contribution is 2.64. The van der Waals surface area contributed by atoms with E-state index in [-0.39, 0.29) is 22.9 Å². The highest BCUT2D eigenvalue weighted by Gasteiger charge is 2.66. The van der Waals surface area contributed by atoms with E-state index >= 15 is 0 Å². The van der Waals surface area contributed by atoms with Crippen LogP contribution in [0.3, 0.4) is 0 Å². The molecule has 7 rings (SSSR count). The molecule has 2 saturated heterocycles. The summed E-state index contributed by atoms with van der Waals surface area (Å²) in [4.78, 5) is 0. The van der Waals surface area contributed by atoms with Crippen molar-refractivity contribution in [2.24, 2.45) is 17.3 Å². The number of halogens is 1. The summed E-state index contributed by atoms with van der Waals surface area (Å²) in [6.07, 6.45) is 9.93. The van der Waals surface area contributed by atoms with Crippen molar-refractivity contribution in [2.75, 3.05) is 32.8 Å². The van der Waals surface area contributed by atoms with Crippen LogP contribution in [-0.4, -0.2) is 51.7 Å². The lowest BCUT2D eigenvalue weighted by molar-refractivity contribution is -0.185. The van der Waals surface area contributed by atoms with Crippen molar-refractivity contribution in [2.45, 2.75) is 55.8 Å². The Labute approximate surface area is 264 Å². The smallest absolute Gasteiger partial charge is 0.493 e. The SMILES string of the molecule is COc1cc(C2(/C=C/C=C(\Cl)c3ccc(B4O[C@@H]5[C@H]6C[C@@H](C[C@@]5(C)O4)C6(C)C)cc3)SCCCS2)cc(OC)c1OC. The highest BCUT2D eigenvalue weighted by molar-refractivity contribution is 8.18. The average Bonchev–Trinajstić information content (AvgIpc) is 3.38. The van der Waals surface area contributed by atoms with Crippen LogP contribution in [0.15, 0.2) is 54.6 Å². The van der Waals surface area contributed by atoms with E-state index in [1.165, 1.54) is 12.8 Å². The summed E-state index contributed by atoms with van der Waals surface area (Å²) in [5, 5.41) is 0.681. The Morgan fingerprint density at radius 3 is 2.26 bits per heavy atom. The molecule has 4 atom stereocenters. The maximum atomic E-state index is 6.82. The van der Waals surface area contributed by atoms with Crippen LogP contribution in [0.1, 0.15) is 51.2 Å². The number of thioether (sulfide) groups is 2. The Morgan fingerprint density at radius 2 is 1.67 bits per heavy atom. The fourth-order valence-corrected chi connectivity index (χ4v) is 10.5. The molecule has 3 aliphatic carbocycles. The lowest BCUT2D eigenvalue weighted by Crippen LogP contribution is -2.63. The Bertz CT molecular complexity index is 1350. The first-order valence-corrected chi connectivity index (χ1v) is 17.1. The van der Waals surface area contributed by atoms with E-state index in [4.69, 9.17) is 35.1 Å². The van der Waals surface area contributed by atoms with E-state index in [1.807, 2.05) is 29.6 Å². The molecule has 2 aromatic rings. The molecular formula is C33H40BClO5S2. The Kier molecular flexibility index (Phi) is 8.42. The summed E-state index contributed by atoms with van der Waals surface area (Å²) in [6, 6.07) is 12.4. The highest BCUT2D eigenvalue weighted by atomic mass is 35.5. The van der Waals surface area contributed by atoms with Crippen LogP contribution >= 0.6 is 35.1 Å². The van der Waals surface area contributed by atoms with Gasteiger partial charge in [0.25, 0.3) is 0 Å². The summed E-state index contributed by atoms with van der Waals surface area (Å²) in [5.74, 6) is 5.34. The fourth-order valence-electron chi connectivity index (χ4n) is 7.20. The third-order valence-electron chi connectivity index (χ3n) is 9.82. The molecule has 2 aromatic carbocycles. The molecule has 2 aliphatic heterocycles. The number of ether oxygens (including phenoxy) is 3. The molecular weight excluding hydrogens is 587 g/mol.